The van der Waals surface area contributed by atoms with Gasteiger partial charge in [0.25, 0.3) is 0 Å². The second kappa shape index (κ2) is 6.69. The van der Waals surface area contributed by atoms with Gasteiger partial charge in [0.2, 0.25) is 6.79 Å². The Kier molecular flexibility index (Phi) is 4.41. The van der Waals surface area contributed by atoms with Gasteiger partial charge < -0.3 is 24.8 Å². The van der Waals surface area contributed by atoms with E-state index in [1.807, 2.05) is 12.1 Å². The van der Waals surface area contributed by atoms with E-state index in [1.165, 1.54) is 6.42 Å². The van der Waals surface area contributed by atoms with E-state index in [4.69, 9.17) is 25.8 Å². The lowest BCUT2D eigenvalue weighted by Crippen LogP contribution is -2.47. The fourth-order valence-corrected chi connectivity index (χ4v) is 3.86. The Labute approximate surface area is 146 Å². The van der Waals surface area contributed by atoms with Crippen molar-refractivity contribution >= 4 is 17.6 Å². The highest BCUT2D eigenvalue weighted by molar-refractivity contribution is 6.32. The van der Waals surface area contributed by atoms with Crippen LogP contribution in [0.4, 0.5) is 0 Å². The summed E-state index contributed by atoms with van der Waals surface area (Å²) in [4.78, 5) is 4.68. The van der Waals surface area contributed by atoms with Crippen LogP contribution in [0.2, 0.25) is 5.02 Å². The van der Waals surface area contributed by atoms with Gasteiger partial charge in [-0.1, -0.05) is 11.6 Å². The molecule has 0 aromatic heterocycles. The fraction of sp³-hybridized carbons (Fsp3) is 0.588. The van der Waals surface area contributed by atoms with Gasteiger partial charge in [0.05, 0.1) is 29.8 Å². The SMILES string of the molecule is CCNC(=NCc1cc(Cl)c2c(c1)OCO2)NC1CC2CCC1O2. The average molecular weight is 352 g/mol. The van der Waals surface area contributed by atoms with Crippen LogP contribution in [-0.2, 0) is 11.3 Å². The Morgan fingerprint density at radius 2 is 2.25 bits per heavy atom. The Bertz CT molecular complexity index is 652. The van der Waals surface area contributed by atoms with E-state index in [1.54, 1.807) is 0 Å². The molecular weight excluding hydrogens is 330 g/mol. The highest BCUT2D eigenvalue weighted by Gasteiger charge is 2.41. The first kappa shape index (κ1) is 15.8. The van der Waals surface area contributed by atoms with Gasteiger partial charge in [0, 0.05) is 6.54 Å². The predicted molar refractivity (Wildman–Crippen MR) is 91.8 cm³/mol. The molecule has 0 spiro atoms. The molecule has 2 saturated heterocycles. The molecule has 24 heavy (non-hydrogen) atoms. The molecule has 0 amide bonds. The van der Waals surface area contributed by atoms with Crippen molar-refractivity contribution in [3.63, 3.8) is 0 Å². The molecule has 3 heterocycles. The minimum atomic E-state index is 0.218. The molecule has 3 aliphatic heterocycles. The van der Waals surface area contributed by atoms with Gasteiger partial charge in [-0.25, -0.2) is 4.99 Å². The van der Waals surface area contributed by atoms with Crippen LogP contribution >= 0.6 is 11.6 Å². The second-order valence-electron chi connectivity index (χ2n) is 6.37. The van der Waals surface area contributed by atoms with Gasteiger partial charge >= 0.3 is 0 Å². The molecule has 1 aromatic rings. The van der Waals surface area contributed by atoms with E-state index in [0.29, 0.717) is 41.3 Å². The first-order valence-electron chi connectivity index (χ1n) is 8.51. The summed E-state index contributed by atoms with van der Waals surface area (Å²) < 4.78 is 16.6. The molecule has 0 radical (unpaired) electrons. The van der Waals surface area contributed by atoms with Gasteiger partial charge in [-0.3, -0.25) is 0 Å². The largest absolute Gasteiger partial charge is 0.454 e. The molecule has 4 rings (SSSR count). The molecule has 2 N–H and O–H groups in total. The summed E-state index contributed by atoms with van der Waals surface area (Å²) in [5, 5.41) is 7.38. The monoisotopic (exact) mass is 351 g/mol. The number of ether oxygens (including phenoxy) is 3. The number of nitrogens with one attached hydrogen (secondary N) is 2. The van der Waals surface area contributed by atoms with Gasteiger partial charge in [0.1, 0.15) is 0 Å². The molecule has 3 aliphatic rings. The standard InChI is InChI=1S/C17H22ClN3O3/c1-2-19-17(21-13-7-11-3-4-14(13)24-11)20-8-10-5-12(18)16-15(6-10)22-9-23-16/h5-6,11,13-14H,2-4,7-9H2,1H3,(H2,19,20,21). The summed E-state index contributed by atoms with van der Waals surface area (Å²) >= 11 is 6.23. The van der Waals surface area contributed by atoms with E-state index in [2.05, 4.69) is 22.5 Å². The van der Waals surface area contributed by atoms with E-state index >= 15 is 0 Å². The molecule has 3 unspecified atom stereocenters. The minimum Gasteiger partial charge on any atom is -0.454 e. The Morgan fingerprint density at radius 3 is 3.00 bits per heavy atom. The lowest BCUT2D eigenvalue weighted by atomic mass is 9.96. The average Bonchev–Trinajstić information content (AvgIpc) is 3.29. The summed E-state index contributed by atoms with van der Waals surface area (Å²) in [5.74, 6) is 2.12. The number of hydrogen-bond acceptors (Lipinski definition) is 4. The molecule has 1 aromatic carbocycles. The molecule has 3 atom stereocenters. The van der Waals surface area contributed by atoms with E-state index < -0.39 is 0 Å². The number of hydrogen-bond donors (Lipinski definition) is 2. The number of halogens is 1. The maximum absolute atomic E-state index is 6.23. The van der Waals surface area contributed by atoms with Crippen molar-refractivity contribution in [1.82, 2.24) is 10.6 Å². The summed E-state index contributed by atoms with van der Waals surface area (Å²) in [5.41, 5.74) is 0.991. The van der Waals surface area contributed by atoms with Crippen molar-refractivity contribution in [3.05, 3.63) is 22.7 Å². The van der Waals surface area contributed by atoms with Gasteiger partial charge in [-0.2, -0.15) is 0 Å². The van der Waals surface area contributed by atoms with Crippen molar-refractivity contribution in [2.75, 3.05) is 13.3 Å². The number of guanidine groups is 1. The van der Waals surface area contributed by atoms with Crippen LogP contribution in [-0.4, -0.2) is 37.5 Å². The second-order valence-corrected chi connectivity index (χ2v) is 6.77. The quantitative estimate of drug-likeness (QED) is 0.644. The maximum atomic E-state index is 6.23. The topological polar surface area (TPSA) is 64.1 Å². The van der Waals surface area contributed by atoms with Crippen molar-refractivity contribution < 1.29 is 14.2 Å². The van der Waals surface area contributed by atoms with E-state index in [0.717, 1.165) is 30.9 Å². The van der Waals surface area contributed by atoms with E-state index in [-0.39, 0.29) is 6.79 Å². The third kappa shape index (κ3) is 3.13. The Morgan fingerprint density at radius 1 is 1.33 bits per heavy atom. The molecule has 0 saturated carbocycles. The van der Waals surface area contributed by atoms with Crippen LogP contribution in [0.25, 0.3) is 0 Å². The zero-order valence-electron chi connectivity index (χ0n) is 13.7. The van der Waals surface area contributed by atoms with Crippen LogP contribution in [0, 0.1) is 0 Å². The predicted octanol–water partition coefficient (Wildman–Crippen LogP) is 2.44. The number of benzene rings is 1. The van der Waals surface area contributed by atoms with Crippen LogP contribution in [0.5, 0.6) is 11.5 Å². The van der Waals surface area contributed by atoms with Crippen molar-refractivity contribution in [1.29, 1.82) is 0 Å². The fourth-order valence-electron chi connectivity index (χ4n) is 3.57. The normalized spacial score (nSPS) is 27.6. The summed E-state index contributed by atoms with van der Waals surface area (Å²) in [6.07, 6.45) is 4.12. The number of aliphatic imine (C=N–C) groups is 1. The smallest absolute Gasteiger partial charge is 0.231 e. The third-order valence-electron chi connectivity index (χ3n) is 4.68. The van der Waals surface area contributed by atoms with Gasteiger partial charge in [-0.05, 0) is 43.9 Å². The number of nitrogens with zero attached hydrogens (tertiary/aromatic N) is 1. The third-order valence-corrected chi connectivity index (χ3v) is 4.96. The summed E-state index contributed by atoms with van der Waals surface area (Å²) in [6, 6.07) is 4.16. The molecule has 7 heteroatoms. The highest BCUT2D eigenvalue weighted by atomic mass is 35.5. The van der Waals surface area contributed by atoms with Crippen molar-refractivity contribution in [2.45, 2.75) is 51.0 Å². The zero-order chi connectivity index (χ0) is 16.5. The zero-order valence-corrected chi connectivity index (χ0v) is 14.4. The minimum absolute atomic E-state index is 0.218. The first-order valence-corrected chi connectivity index (χ1v) is 8.89. The summed E-state index contributed by atoms with van der Waals surface area (Å²) in [6.45, 7) is 3.62. The summed E-state index contributed by atoms with van der Waals surface area (Å²) in [7, 11) is 0. The molecule has 6 nitrogen and oxygen atoms in total. The van der Waals surface area contributed by atoms with Crippen molar-refractivity contribution in [3.8, 4) is 11.5 Å². The van der Waals surface area contributed by atoms with Gasteiger partial charge in [-0.15, -0.1) is 0 Å². The highest BCUT2D eigenvalue weighted by Crippen LogP contribution is 2.40. The maximum Gasteiger partial charge on any atom is 0.231 e. The van der Waals surface area contributed by atoms with Gasteiger partial charge in [0.15, 0.2) is 17.5 Å². The van der Waals surface area contributed by atoms with E-state index in [9.17, 15) is 0 Å². The van der Waals surface area contributed by atoms with Crippen molar-refractivity contribution in [2.24, 2.45) is 4.99 Å². The van der Waals surface area contributed by atoms with Crippen LogP contribution in [0.1, 0.15) is 31.7 Å². The molecule has 130 valence electrons. The van der Waals surface area contributed by atoms with Crippen LogP contribution in [0.3, 0.4) is 0 Å². The van der Waals surface area contributed by atoms with Crippen LogP contribution in [0.15, 0.2) is 17.1 Å². The first-order chi connectivity index (χ1) is 11.7. The Hall–Kier alpha value is -1.66. The number of fused-ring (bicyclic) bond motifs is 3. The molecule has 2 bridgehead atoms. The lowest BCUT2D eigenvalue weighted by Gasteiger charge is -2.22. The Balaban J connectivity index is 1.44. The number of rotatable bonds is 4. The molecular formula is C17H22ClN3O3. The molecule has 0 aliphatic carbocycles. The van der Waals surface area contributed by atoms with Crippen LogP contribution < -0.4 is 20.1 Å². The lowest BCUT2D eigenvalue weighted by molar-refractivity contribution is 0.0992. The molecule has 2 fully saturated rings.